The van der Waals surface area contributed by atoms with Gasteiger partial charge in [-0.25, -0.2) is 0 Å². The van der Waals surface area contributed by atoms with Crippen molar-refractivity contribution in [3.63, 3.8) is 0 Å². The topological polar surface area (TPSA) is 107 Å². The van der Waals surface area contributed by atoms with E-state index >= 15 is 0 Å². The van der Waals surface area contributed by atoms with Crippen LogP contribution in [0.2, 0.25) is 0 Å². The molecule has 1 amide bonds. The van der Waals surface area contributed by atoms with Gasteiger partial charge in [0.25, 0.3) is 5.91 Å². The molecule has 0 radical (unpaired) electrons. The molecule has 0 saturated heterocycles. The third-order valence-corrected chi connectivity index (χ3v) is 1.81. The highest BCUT2D eigenvalue weighted by Gasteiger charge is 2.22. The first-order valence-electron chi connectivity index (χ1n) is 4.25. The number of aliphatic carboxylic acids is 1. The van der Waals surface area contributed by atoms with Crippen LogP contribution in [0.4, 0.5) is 0 Å². The molecule has 0 spiro atoms. The lowest BCUT2D eigenvalue weighted by Crippen LogP contribution is -2.32. The van der Waals surface area contributed by atoms with E-state index in [1.807, 2.05) is 0 Å². The molecule has 0 bridgehead atoms. The van der Waals surface area contributed by atoms with Gasteiger partial charge in [-0.05, 0) is 12.2 Å². The SMILES string of the molecule is O=C(O)CNC(=O)C1=CCC(O)(O)C=C1. The summed E-state index contributed by atoms with van der Waals surface area (Å²) in [6, 6.07) is 0. The van der Waals surface area contributed by atoms with E-state index in [1.165, 1.54) is 12.2 Å². The highest BCUT2D eigenvalue weighted by molar-refractivity contribution is 5.97. The summed E-state index contributed by atoms with van der Waals surface area (Å²) in [4.78, 5) is 21.4. The molecule has 1 aliphatic carbocycles. The van der Waals surface area contributed by atoms with Gasteiger partial charge < -0.3 is 20.6 Å². The van der Waals surface area contributed by atoms with Gasteiger partial charge >= 0.3 is 5.97 Å². The van der Waals surface area contributed by atoms with Gasteiger partial charge in [-0.2, -0.15) is 0 Å². The zero-order valence-corrected chi connectivity index (χ0v) is 7.80. The van der Waals surface area contributed by atoms with Crippen LogP contribution in [0.5, 0.6) is 0 Å². The highest BCUT2D eigenvalue weighted by atomic mass is 16.5. The van der Waals surface area contributed by atoms with Crippen LogP contribution >= 0.6 is 0 Å². The summed E-state index contributed by atoms with van der Waals surface area (Å²) in [5, 5.41) is 28.7. The average molecular weight is 213 g/mol. The van der Waals surface area contributed by atoms with E-state index in [0.29, 0.717) is 0 Å². The van der Waals surface area contributed by atoms with Gasteiger partial charge in [0, 0.05) is 12.0 Å². The molecule has 0 aliphatic heterocycles. The number of rotatable bonds is 3. The molecule has 0 saturated carbocycles. The Balaban J connectivity index is 2.53. The fourth-order valence-electron chi connectivity index (χ4n) is 1.05. The molecule has 0 heterocycles. The molecule has 6 heteroatoms. The average Bonchev–Trinajstić information content (AvgIpc) is 2.14. The van der Waals surface area contributed by atoms with Crippen molar-refractivity contribution in [1.29, 1.82) is 0 Å². The van der Waals surface area contributed by atoms with Gasteiger partial charge in [-0.1, -0.05) is 6.08 Å². The third-order valence-electron chi connectivity index (χ3n) is 1.81. The van der Waals surface area contributed by atoms with Crippen LogP contribution in [0.15, 0.2) is 23.8 Å². The van der Waals surface area contributed by atoms with E-state index in [0.717, 1.165) is 6.08 Å². The Labute approximate surface area is 85.5 Å². The number of hydrogen-bond donors (Lipinski definition) is 4. The van der Waals surface area contributed by atoms with Crippen LogP contribution in [-0.2, 0) is 9.59 Å². The zero-order valence-electron chi connectivity index (χ0n) is 7.80. The molecule has 15 heavy (non-hydrogen) atoms. The minimum atomic E-state index is -1.92. The van der Waals surface area contributed by atoms with E-state index in [4.69, 9.17) is 15.3 Å². The number of aliphatic hydroxyl groups is 2. The van der Waals surface area contributed by atoms with Gasteiger partial charge in [0.05, 0.1) is 0 Å². The normalized spacial score (nSPS) is 18.1. The van der Waals surface area contributed by atoms with Gasteiger partial charge in [0.15, 0.2) is 5.79 Å². The maximum atomic E-state index is 11.3. The molecule has 0 aromatic carbocycles. The summed E-state index contributed by atoms with van der Waals surface area (Å²) in [7, 11) is 0. The maximum Gasteiger partial charge on any atom is 0.322 e. The third kappa shape index (κ3) is 3.53. The Bertz CT molecular complexity index is 342. The van der Waals surface area contributed by atoms with Crippen LogP contribution in [0.25, 0.3) is 0 Å². The number of carboxylic acids is 1. The van der Waals surface area contributed by atoms with Crippen molar-refractivity contribution in [2.75, 3.05) is 6.54 Å². The standard InChI is InChI=1S/C9H11NO5/c11-7(12)5-10-8(13)6-1-3-9(14,15)4-2-6/h1-3,14-15H,4-5H2,(H,10,13)(H,11,12). The lowest BCUT2D eigenvalue weighted by molar-refractivity contribution is -0.137. The monoisotopic (exact) mass is 213 g/mol. The number of carbonyl (C=O) groups is 2. The molecule has 1 aliphatic rings. The first-order valence-corrected chi connectivity index (χ1v) is 4.25. The first kappa shape index (κ1) is 11.4. The summed E-state index contributed by atoms with van der Waals surface area (Å²) in [5.74, 6) is -3.61. The predicted octanol–water partition coefficient (Wildman–Crippen LogP) is -1.25. The molecule has 6 nitrogen and oxygen atoms in total. The molecule has 1 rings (SSSR count). The van der Waals surface area contributed by atoms with E-state index < -0.39 is 24.2 Å². The number of hydrogen-bond acceptors (Lipinski definition) is 4. The van der Waals surface area contributed by atoms with Crippen LogP contribution < -0.4 is 5.32 Å². The molecule has 0 atom stereocenters. The van der Waals surface area contributed by atoms with Crippen molar-refractivity contribution in [3.05, 3.63) is 23.8 Å². The van der Waals surface area contributed by atoms with Crippen molar-refractivity contribution in [2.24, 2.45) is 0 Å². The van der Waals surface area contributed by atoms with Crippen LogP contribution in [-0.4, -0.2) is 39.5 Å². The lowest BCUT2D eigenvalue weighted by Gasteiger charge is -2.19. The lowest BCUT2D eigenvalue weighted by atomic mass is 10.0. The summed E-state index contributed by atoms with van der Waals surface area (Å²) in [6.45, 7) is -0.465. The van der Waals surface area contributed by atoms with Crippen molar-refractivity contribution in [3.8, 4) is 0 Å². The van der Waals surface area contributed by atoms with E-state index in [-0.39, 0.29) is 12.0 Å². The van der Waals surface area contributed by atoms with Gasteiger partial charge in [-0.3, -0.25) is 9.59 Å². The second kappa shape index (κ2) is 4.24. The Morgan fingerprint density at radius 2 is 2.13 bits per heavy atom. The summed E-state index contributed by atoms with van der Waals surface area (Å²) in [5.41, 5.74) is 0.218. The molecule has 0 aromatic heterocycles. The van der Waals surface area contributed by atoms with E-state index in [2.05, 4.69) is 5.32 Å². The fraction of sp³-hybridized carbons (Fsp3) is 0.333. The Hall–Kier alpha value is -1.66. The minimum absolute atomic E-state index is 0.0979. The summed E-state index contributed by atoms with van der Waals surface area (Å²) >= 11 is 0. The maximum absolute atomic E-state index is 11.3. The molecule has 0 fully saturated rings. The van der Waals surface area contributed by atoms with Crippen LogP contribution in [0.3, 0.4) is 0 Å². The molecule has 82 valence electrons. The summed E-state index contributed by atoms with van der Waals surface area (Å²) < 4.78 is 0. The van der Waals surface area contributed by atoms with Crippen molar-refractivity contribution in [2.45, 2.75) is 12.2 Å². The fourth-order valence-corrected chi connectivity index (χ4v) is 1.05. The molecule has 0 unspecified atom stereocenters. The van der Waals surface area contributed by atoms with Gasteiger partial charge in [0.2, 0.25) is 0 Å². The molecule has 4 N–H and O–H groups in total. The Morgan fingerprint density at radius 1 is 1.47 bits per heavy atom. The van der Waals surface area contributed by atoms with E-state index in [9.17, 15) is 9.59 Å². The first-order chi connectivity index (χ1) is 6.91. The second-order valence-electron chi connectivity index (χ2n) is 3.15. The molecule has 0 aromatic rings. The quantitative estimate of drug-likeness (QED) is 0.438. The largest absolute Gasteiger partial charge is 0.480 e. The minimum Gasteiger partial charge on any atom is -0.480 e. The number of carboxylic acid groups (broad SMARTS) is 1. The van der Waals surface area contributed by atoms with Crippen molar-refractivity contribution >= 4 is 11.9 Å². The van der Waals surface area contributed by atoms with Gasteiger partial charge in [0.1, 0.15) is 6.54 Å². The number of nitrogens with one attached hydrogen (secondary N) is 1. The smallest absolute Gasteiger partial charge is 0.322 e. The molecular formula is C9H11NO5. The van der Waals surface area contributed by atoms with Crippen LogP contribution in [0, 0.1) is 0 Å². The summed E-state index contributed by atoms with van der Waals surface area (Å²) in [6.07, 6.45) is 3.54. The predicted molar refractivity (Wildman–Crippen MR) is 49.7 cm³/mol. The van der Waals surface area contributed by atoms with Crippen molar-refractivity contribution in [1.82, 2.24) is 5.32 Å². The van der Waals surface area contributed by atoms with Crippen molar-refractivity contribution < 1.29 is 24.9 Å². The number of amides is 1. The molecular weight excluding hydrogens is 202 g/mol. The van der Waals surface area contributed by atoms with Gasteiger partial charge in [-0.15, -0.1) is 0 Å². The zero-order chi connectivity index (χ0) is 11.5. The highest BCUT2D eigenvalue weighted by Crippen LogP contribution is 2.17. The van der Waals surface area contributed by atoms with E-state index in [1.54, 1.807) is 0 Å². The Morgan fingerprint density at radius 3 is 2.60 bits per heavy atom. The van der Waals surface area contributed by atoms with Crippen LogP contribution in [0.1, 0.15) is 6.42 Å². The number of carbonyl (C=O) groups excluding carboxylic acids is 1. The Kier molecular flexibility index (Phi) is 3.23. The second-order valence-corrected chi connectivity index (χ2v) is 3.15.